The molecule has 0 aromatic carbocycles. The van der Waals surface area contributed by atoms with Gasteiger partial charge in [0.1, 0.15) is 0 Å². The van der Waals surface area contributed by atoms with Gasteiger partial charge in [-0.1, -0.05) is 0 Å². The number of aromatic nitrogens is 2. The molecule has 3 N–H and O–H groups in total. The Bertz CT molecular complexity index is 378. The summed E-state index contributed by atoms with van der Waals surface area (Å²) < 4.78 is 0. The monoisotopic (exact) mass is 264 g/mol. The number of likely N-dealkylation sites (tertiary alicyclic amines) is 1. The SMILES string of the molecule is O[C@@]1(CN2CCC(c3ccn[nH]3)CC2)CCCNC1. The van der Waals surface area contributed by atoms with Crippen LogP contribution in [0.1, 0.15) is 37.3 Å². The largest absolute Gasteiger partial charge is 0.387 e. The Labute approximate surface area is 114 Å². The van der Waals surface area contributed by atoms with Gasteiger partial charge in [-0.3, -0.25) is 5.10 Å². The van der Waals surface area contributed by atoms with Crippen molar-refractivity contribution in [1.82, 2.24) is 20.4 Å². The number of hydrogen-bond acceptors (Lipinski definition) is 4. The number of hydrogen-bond donors (Lipinski definition) is 3. The Morgan fingerprint density at radius 3 is 2.89 bits per heavy atom. The molecule has 2 fully saturated rings. The third-order valence-electron chi connectivity index (χ3n) is 4.52. The summed E-state index contributed by atoms with van der Waals surface area (Å²) in [6.07, 6.45) is 6.16. The molecule has 2 aliphatic rings. The smallest absolute Gasteiger partial charge is 0.0898 e. The lowest BCUT2D eigenvalue weighted by molar-refractivity contribution is -0.0204. The van der Waals surface area contributed by atoms with Crippen molar-refractivity contribution in [1.29, 1.82) is 0 Å². The molecular weight excluding hydrogens is 240 g/mol. The number of piperidine rings is 2. The molecule has 2 saturated heterocycles. The number of nitrogens with zero attached hydrogens (tertiary/aromatic N) is 2. The van der Waals surface area contributed by atoms with Crippen LogP contribution in [0, 0.1) is 0 Å². The van der Waals surface area contributed by atoms with Crippen LogP contribution in [0.2, 0.25) is 0 Å². The van der Waals surface area contributed by atoms with Crippen LogP contribution in [-0.4, -0.2) is 58.5 Å². The minimum absolute atomic E-state index is 0.515. The first-order chi connectivity index (χ1) is 9.25. The fraction of sp³-hybridized carbons (Fsp3) is 0.786. The van der Waals surface area contributed by atoms with E-state index >= 15 is 0 Å². The Morgan fingerprint density at radius 1 is 1.42 bits per heavy atom. The van der Waals surface area contributed by atoms with E-state index < -0.39 is 5.60 Å². The zero-order valence-electron chi connectivity index (χ0n) is 11.4. The highest BCUT2D eigenvalue weighted by Crippen LogP contribution is 2.28. The predicted molar refractivity (Wildman–Crippen MR) is 74.1 cm³/mol. The van der Waals surface area contributed by atoms with Crippen molar-refractivity contribution in [3.05, 3.63) is 18.0 Å². The van der Waals surface area contributed by atoms with Gasteiger partial charge in [-0.25, -0.2) is 0 Å². The molecule has 0 saturated carbocycles. The molecule has 0 aliphatic carbocycles. The molecule has 3 rings (SSSR count). The number of nitrogens with one attached hydrogen (secondary N) is 2. The number of H-pyrrole nitrogens is 1. The van der Waals surface area contributed by atoms with E-state index in [0.29, 0.717) is 5.92 Å². The van der Waals surface area contributed by atoms with Gasteiger partial charge in [0.05, 0.1) is 5.60 Å². The molecule has 0 radical (unpaired) electrons. The number of aliphatic hydroxyl groups is 1. The van der Waals surface area contributed by atoms with Crippen molar-refractivity contribution in [3.8, 4) is 0 Å². The third-order valence-corrected chi connectivity index (χ3v) is 4.52. The highest BCUT2D eigenvalue weighted by molar-refractivity contribution is 5.07. The van der Waals surface area contributed by atoms with Gasteiger partial charge in [-0.15, -0.1) is 0 Å². The lowest BCUT2D eigenvalue weighted by Crippen LogP contribution is -2.54. The summed E-state index contributed by atoms with van der Waals surface area (Å²) in [6.45, 7) is 4.76. The first-order valence-electron chi connectivity index (χ1n) is 7.40. The highest BCUT2D eigenvalue weighted by atomic mass is 16.3. The van der Waals surface area contributed by atoms with E-state index in [9.17, 15) is 5.11 Å². The average molecular weight is 264 g/mol. The molecule has 5 nitrogen and oxygen atoms in total. The van der Waals surface area contributed by atoms with Gasteiger partial charge in [0, 0.05) is 30.9 Å². The van der Waals surface area contributed by atoms with E-state index in [1.54, 1.807) is 0 Å². The van der Waals surface area contributed by atoms with Crippen molar-refractivity contribution in [3.63, 3.8) is 0 Å². The zero-order valence-corrected chi connectivity index (χ0v) is 11.4. The van der Waals surface area contributed by atoms with Crippen LogP contribution in [0.3, 0.4) is 0 Å². The summed E-state index contributed by atoms with van der Waals surface area (Å²) in [5.74, 6) is 0.609. The van der Waals surface area contributed by atoms with Gasteiger partial charge >= 0.3 is 0 Å². The van der Waals surface area contributed by atoms with Gasteiger partial charge < -0.3 is 15.3 Å². The molecule has 1 aromatic heterocycles. The van der Waals surface area contributed by atoms with Crippen LogP contribution in [0.4, 0.5) is 0 Å². The molecule has 0 unspecified atom stereocenters. The Balaban J connectivity index is 1.50. The van der Waals surface area contributed by atoms with Crippen LogP contribution < -0.4 is 5.32 Å². The molecule has 3 heterocycles. The molecule has 2 aliphatic heterocycles. The Hall–Kier alpha value is -0.910. The summed E-state index contributed by atoms with van der Waals surface area (Å²) in [5, 5.41) is 21.0. The Kier molecular flexibility index (Phi) is 3.86. The Morgan fingerprint density at radius 2 is 2.26 bits per heavy atom. The first kappa shape index (κ1) is 13.1. The van der Waals surface area contributed by atoms with E-state index in [0.717, 1.165) is 58.4 Å². The van der Waals surface area contributed by atoms with Crippen LogP contribution in [0.15, 0.2) is 12.3 Å². The highest BCUT2D eigenvalue weighted by Gasteiger charge is 2.33. The minimum atomic E-state index is -0.515. The normalized spacial score (nSPS) is 30.6. The molecule has 19 heavy (non-hydrogen) atoms. The second kappa shape index (κ2) is 5.61. The van der Waals surface area contributed by atoms with Crippen molar-refractivity contribution < 1.29 is 5.11 Å². The van der Waals surface area contributed by atoms with E-state index in [4.69, 9.17) is 0 Å². The molecule has 1 aromatic rings. The van der Waals surface area contributed by atoms with Gasteiger partial charge in [0.15, 0.2) is 0 Å². The van der Waals surface area contributed by atoms with Crippen molar-refractivity contribution in [2.45, 2.75) is 37.2 Å². The van der Waals surface area contributed by atoms with Gasteiger partial charge in [-0.2, -0.15) is 5.10 Å². The molecule has 0 amide bonds. The maximum atomic E-state index is 10.6. The quantitative estimate of drug-likeness (QED) is 0.752. The van der Waals surface area contributed by atoms with Gasteiger partial charge in [-0.05, 0) is 51.4 Å². The number of β-amino-alcohol motifs (C(OH)–C–C–N with tert-alkyl or cyclic N) is 1. The standard InChI is InChI=1S/C14H24N4O/c19-14(5-1-6-15-10-14)11-18-8-3-12(4-9-18)13-2-7-16-17-13/h2,7,12,15,19H,1,3-6,8-11H2,(H,16,17)/t14-/m0/s1. The molecule has 106 valence electrons. The summed E-state index contributed by atoms with van der Waals surface area (Å²) >= 11 is 0. The van der Waals surface area contributed by atoms with Gasteiger partial charge in [0.2, 0.25) is 0 Å². The fourth-order valence-corrected chi connectivity index (χ4v) is 3.40. The topological polar surface area (TPSA) is 64.2 Å². The molecule has 0 spiro atoms. The second-order valence-corrected chi connectivity index (χ2v) is 6.07. The van der Waals surface area contributed by atoms with Crippen LogP contribution in [0.25, 0.3) is 0 Å². The van der Waals surface area contributed by atoms with Crippen LogP contribution >= 0.6 is 0 Å². The summed E-state index contributed by atoms with van der Waals surface area (Å²) in [5.41, 5.74) is 0.747. The fourth-order valence-electron chi connectivity index (χ4n) is 3.40. The van der Waals surface area contributed by atoms with Crippen molar-refractivity contribution >= 4 is 0 Å². The lowest BCUT2D eigenvalue weighted by atomic mass is 9.90. The average Bonchev–Trinajstić information content (AvgIpc) is 2.94. The van der Waals surface area contributed by atoms with E-state index in [-0.39, 0.29) is 0 Å². The molecular formula is C14H24N4O. The summed E-state index contributed by atoms with van der Waals surface area (Å²) in [6, 6.07) is 2.08. The van der Waals surface area contributed by atoms with Crippen molar-refractivity contribution in [2.75, 3.05) is 32.7 Å². The first-order valence-corrected chi connectivity index (χ1v) is 7.40. The molecule has 1 atom stereocenters. The van der Waals surface area contributed by atoms with Crippen LogP contribution in [0.5, 0.6) is 0 Å². The second-order valence-electron chi connectivity index (χ2n) is 6.07. The minimum Gasteiger partial charge on any atom is -0.387 e. The summed E-state index contributed by atoms with van der Waals surface area (Å²) in [7, 11) is 0. The van der Waals surface area contributed by atoms with E-state index in [1.807, 2.05) is 6.20 Å². The number of rotatable bonds is 3. The van der Waals surface area contributed by atoms with Gasteiger partial charge in [0.25, 0.3) is 0 Å². The maximum absolute atomic E-state index is 10.6. The van der Waals surface area contributed by atoms with Crippen molar-refractivity contribution in [2.24, 2.45) is 0 Å². The third kappa shape index (κ3) is 3.16. The van der Waals surface area contributed by atoms with E-state index in [1.165, 1.54) is 5.69 Å². The zero-order chi connectivity index (χ0) is 13.1. The molecule has 0 bridgehead atoms. The van der Waals surface area contributed by atoms with E-state index in [2.05, 4.69) is 26.5 Å². The predicted octanol–water partition coefficient (Wildman–Crippen LogP) is 0.704. The van der Waals surface area contributed by atoms with Crippen LogP contribution in [-0.2, 0) is 0 Å². The summed E-state index contributed by atoms with van der Waals surface area (Å²) in [4.78, 5) is 2.42. The number of aromatic amines is 1. The molecule has 5 heteroatoms. The maximum Gasteiger partial charge on any atom is 0.0898 e. The lowest BCUT2D eigenvalue weighted by Gasteiger charge is -2.40.